The minimum Gasteiger partial charge on any atom is -0.495 e. The fourth-order valence-corrected chi connectivity index (χ4v) is 3.21. The first-order chi connectivity index (χ1) is 12.1. The van der Waals surface area contributed by atoms with Gasteiger partial charge in [0.25, 0.3) is 5.91 Å². The number of anilines is 2. The van der Waals surface area contributed by atoms with Gasteiger partial charge < -0.3 is 15.4 Å². The van der Waals surface area contributed by atoms with Gasteiger partial charge in [0, 0.05) is 28.9 Å². The van der Waals surface area contributed by atoms with Crippen LogP contribution in [0.25, 0.3) is 0 Å². The average molecular weight is 360 g/mol. The van der Waals surface area contributed by atoms with Crippen molar-refractivity contribution in [1.82, 2.24) is 4.98 Å². The molecule has 1 aliphatic carbocycles. The molecule has 0 radical (unpaired) electrons. The molecule has 2 N–H and O–H groups in total. The molecule has 5 nitrogen and oxygen atoms in total. The summed E-state index contributed by atoms with van der Waals surface area (Å²) in [7, 11) is 1.55. The lowest BCUT2D eigenvalue weighted by Crippen LogP contribution is -2.17. The van der Waals surface area contributed by atoms with Crippen LogP contribution in [0.2, 0.25) is 5.02 Å². The van der Waals surface area contributed by atoms with Crippen molar-refractivity contribution in [2.24, 2.45) is 0 Å². The summed E-state index contributed by atoms with van der Waals surface area (Å²) in [5, 5.41) is 6.89. The number of pyridine rings is 1. The van der Waals surface area contributed by atoms with Gasteiger partial charge in [-0.2, -0.15) is 0 Å². The van der Waals surface area contributed by atoms with Gasteiger partial charge in [0.15, 0.2) is 0 Å². The van der Waals surface area contributed by atoms with Crippen LogP contribution in [0, 0.1) is 6.92 Å². The van der Waals surface area contributed by atoms with E-state index in [0.29, 0.717) is 28.1 Å². The van der Waals surface area contributed by atoms with E-state index in [2.05, 4.69) is 15.6 Å². The van der Waals surface area contributed by atoms with Gasteiger partial charge in [-0.15, -0.1) is 0 Å². The van der Waals surface area contributed by atoms with Crippen molar-refractivity contribution < 1.29 is 9.53 Å². The zero-order valence-electron chi connectivity index (χ0n) is 14.4. The summed E-state index contributed by atoms with van der Waals surface area (Å²) in [4.78, 5) is 16.9. The van der Waals surface area contributed by atoms with Crippen LogP contribution in [0.5, 0.6) is 5.75 Å². The van der Waals surface area contributed by atoms with Crippen molar-refractivity contribution in [3.8, 4) is 5.75 Å². The number of nitrogens with zero attached hydrogens (tertiary/aromatic N) is 1. The van der Waals surface area contributed by atoms with E-state index < -0.39 is 0 Å². The lowest BCUT2D eigenvalue weighted by molar-refractivity contribution is 0.102. The highest BCUT2D eigenvalue weighted by atomic mass is 35.5. The molecule has 132 valence electrons. The van der Waals surface area contributed by atoms with Crippen molar-refractivity contribution in [3.63, 3.8) is 0 Å². The second kappa shape index (κ2) is 7.74. The van der Waals surface area contributed by atoms with Gasteiger partial charge in [-0.05, 0) is 43.5 Å². The number of rotatable bonds is 5. The summed E-state index contributed by atoms with van der Waals surface area (Å²) >= 11 is 6.11. The van der Waals surface area contributed by atoms with E-state index >= 15 is 0 Å². The molecule has 25 heavy (non-hydrogen) atoms. The minimum absolute atomic E-state index is 0.211. The van der Waals surface area contributed by atoms with Crippen molar-refractivity contribution >= 4 is 29.0 Å². The Labute approximate surface area is 152 Å². The van der Waals surface area contributed by atoms with Crippen LogP contribution in [-0.2, 0) is 0 Å². The molecule has 1 aliphatic rings. The molecule has 1 heterocycles. The maximum Gasteiger partial charge on any atom is 0.255 e. The number of hydrogen-bond donors (Lipinski definition) is 2. The van der Waals surface area contributed by atoms with Crippen LogP contribution in [0.3, 0.4) is 0 Å². The van der Waals surface area contributed by atoms with Gasteiger partial charge >= 0.3 is 0 Å². The van der Waals surface area contributed by atoms with E-state index in [-0.39, 0.29) is 5.91 Å². The standard InChI is InChI=1S/C19H22ClN3O2/c1-12-9-16(17(25-2)11-15(12)20)23-19(24)13-7-8-21-18(10-13)22-14-5-3-4-6-14/h7-11,14H,3-6H2,1-2H3,(H,21,22)(H,23,24). The van der Waals surface area contributed by atoms with Crippen LogP contribution in [-0.4, -0.2) is 24.0 Å². The largest absolute Gasteiger partial charge is 0.495 e. The molecule has 0 unspecified atom stereocenters. The molecule has 1 amide bonds. The fraction of sp³-hybridized carbons (Fsp3) is 0.368. The molecular weight excluding hydrogens is 338 g/mol. The van der Waals surface area contributed by atoms with Gasteiger partial charge in [-0.1, -0.05) is 24.4 Å². The molecule has 1 aromatic heterocycles. The molecule has 1 fully saturated rings. The third-order valence-electron chi connectivity index (χ3n) is 4.46. The van der Waals surface area contributed by atoms with E-state index in [1.807, 2.05) is 6.92 Å². The summed E-state index contributed by atoms with van der Waals surface area (Å²) < 4.78 is 5.31. The summed E-state index contributed by atoms with van der Waals surface area (Å²) in [5.41, 5.74) is 2.01. The van der Waals surface area contributed by atoms with E-state index in [9.17, 15) is 4.79 Å². The molecule has 0 saturated heterocycles. The molecule has 0 aliphatic heterocycles. The Morgan fingerprint density at radius 2 is 2.04 bits per heavy atom. The first-order valence-electron chi connectivity index (χ1n) is 8.45. The predicted octanol–water partition coefficient (Wildman–Crippen LogP) is 4.66. The maximum atomic E-state index is 12.6. The van der Waals surface area contributed by atoms with Gasteiger partial charge in [0.2, 0.25) is 0 Å². The molecule has 1 saturated carbocycles. The second-order valence-electron chi connectivity index (χ2n) is 6.31. The average Bonchev–Trinajstić information content (AvgIpc) is 3.11. The second-order valence-corrected chi connectivity index (χ2v) is 6.72. The molecule has 0 spiro atoms. The third kappa shape index (κ3) is 4.23. The van der Waals surface area contributed by atoms with E-state index in [1.54, 1.807) is 37.6 Å². The van der Waals surface area contributed by atoms with Crippen molar-refractivity contribution in [3.05, 3.63) is 46.6 Å². The van der Waals surface area contributed by atoms with E-state index in [4.69, 9.17) is 16.3 Å². The number of aryl methyl sites for hydroxylation is 1. The maximum absolute atomic E-state index is 12.6. The van der Waals surface area contributed by atoms with Crippen molar-refractivity contribution in [2.45, 2.75) is 38.6 Å². The highest BCUT2D eigenvalue weighted by Crippen LogP contribution is 2.31. The van der Waals surface area contributed by atoms with Gasteiger partial charge in [-0.3, -0.25) is 4.79 Å². The van der Waals surface area contributed by atoms with Crippen molar-refractivity contribution in [2.75, 3.05) is 17.7 Å². The SMILES string of the molecule is COc1cc(Cl)c(C)cc1NC(=O)c1ccnc(NC2CCCC2)c1. The Balaban J connectivity index is 1.76. The highest BCUT2D eigenvalue weighted by molar-refractivity contribution is 6.31. The number of aromatic nitrogens is 1. The van der Waals surface area contributed by atoms with Gasteiger partial charge in [0.05, 0.1) is 12.8 Å². The topological polar surface area (TPSA) is 63.2 Å². The fourth-order valence-electron chi connectivity index (χ4n) is 3.05. The highest BCUT2D eigenvalue weighted by Gasteiger charge is 2.16. The number of halogens is 1. The summed E-state index contributed by atoms with van der Waals surface area (Å²) in [6.07, 6.45) is 6.44. The molecule has 1 aromatic carbocycles. The molecule has 3 rings (SSSR count). The number of benzene rings is 1. The monoisotopic (exact) mass is 359 g/mol. The van der Waals surface area contributed by atoms with Gasteiger partial charge in [0.1, 0.15) is 11.6 Å². The Bertz CT molecular complexity index is 773. The van der Waals surface area contributed by atoms with Crippen LogP contribution in [0.1, 0.15) is 41.6 Å². The Hall–Kier alpha value is -2.27. The normalized spacial score (nSPS) is 14.4. The van der Waals surface area contributed by atoms with Crippen LogP contribution >= 0.6 is 11.6 Å². The zero-order chi connectivity index (χ0) is 17.8. The Morgan fingerprint density at radius 1 is 1.28 bits per heavy atom. The predicted molar refractivity (Wildman–Crippen MR) is 101 cm³/mol. The number of carbonyl (C=O) groups excluding carboxylic acids is 1. The number of ether oxygens (including phenoxy) is 1. The molecule has 0 bridgehead atoms. The minimum atomic E-state index is -0.211. The van der Waals surface area contributed by atoms with Crippen LogP contribution in [0.4, 0.5) is 11.5 Å². The third-order valence-corrected chi connectivity index (χ3v) is 4.87. The number of amides is 1. The molecule has 2 aromatic rings. The summed E-state index contributed by atoms with van der Waals surface area (Å²) in [5.74, 6) is 1.05. The quantitative estimate of drug-likeness (QED) is 0.815. The number of hydrogen-bond acceptors (Lipinski definition) is 4. The van der Waals surface area contributed by atoms with E-state index in [0.717, 1.165) is 24.2 Å². The smallest absolute Gasteiger partial charge is 0.255 e. The Kier molecular flexibility index (Phi) is 5.43. The summed E-state index contributed by atoms with van der Waals surface area (Å²) in [6.45, 7) is 1.88. The lowest BCUT2D eigenvalue weighted by atomic mass is 10.2. The van der Waals surface area contributed by atoms with E-state index in [1.165, 1.54) is 12.8 Å². The van der Waals surface area contributed by atoms with Crippen LogP contribution < -0.4 is 15.4 Å². The molecular formula is C19H22ClN3O2. The van der Waals surface area contributed by atoms with Crippen LogP contribution in [0.15, 0.2) is 30.5 Å². The molecule has 0 atom stereocenters. The number of carbonyl (C=O) groups is 1. The lowest BCUT2D eigenvalue weighted by Gasteiger charge is -2.14. The van der Waals surface area contributed by atoms with Gasteiger partial charge in [-0.25, -0.2) is 4.98 Å². The zero-order valence-corrected chi connectivity index (χ0v) is 15.2. The number of methoxy groups -OCH3 is 1. The summed E-state index contributed by atoms with van der Waals surface area (Å²) in [6, 6.07) is 7.43. The Morgan fingerprint density at radius 3 is 2.76 bits per heavy atom. The van der Waals surface area contributed by atoms with Crippen molar-refractivity contribution in [1.29, 1.82) is 0 Å². The molecule has 6 heteroatoms. The first kappa shape index (κ1) is 17.5. The number of nitrogens with one attached hydrogen (secondary N) is 2. The first-order valence-corrected chi connectivity index (χ1v) is 8.82.